The molecular weight excluding hydrogens is 568 g/mol. The highest BCUT2D eigenvalue weighted by Crippen LogP contribution is 2.47. The van der Waals surface area contributed by atoms with Gasteiger partial charge in [0.25, 0.3) is 11.8 Å². The number of hydrogen-bond donors (Lipinski definition) is 1. The molecule has 1 aromatic heterocycles. The minimum atomic E-state index is -5.41. The van der Waals surface area contributed by atoms with E-state index in [9.17, 15) is 20.7 Å². The number of nitrogens with zero attached hydrogens (tertiary/aromatic N) is 3. The zero-order valence-electron chi connectivity index (χ0n) is 39.2. The third kappa shape index (κ3) is 5.57. The van der Waals surface area contributed by atoms with Gasteiger partial charge in [0.05, 0.1) is 43.4 Å². The Morgan fingerprint density at radius 3 is 2.56 bits per heavy atom. The minimum Gasteiger partial charge on any atom is -0.497 e. The van der Waals surface area contributed by atoms with Crippen LogP contribution < -0.4 is 9.46 Å². The third-order valence-corrected chi connectivity index (χ3v) is 8.49. The molecule has 0 spiro atoms. The number of carbonyl (C=O) groups excluding carboxylic acids is 2. The summed E-state index contributed by atoms with van der Waals surface area (Å²) in [7, 11) is -2.91. The van der Waals surface area contributed by atoms with Gasteiger partial charge in [0.1, 0.15) is 5.75 Å². The number of likely N-dealkylation sites (N-methyl/N-ethyl adjacent to an activating group) is 2. The molecule has 11 heteroatoms. The fraction of sp³-hybridized carbons (Fsp3) is 0.438. The van der Waals surface area contributed by atoms with Crippen LogP contribution in [0.1, 0.15) is 81.3 Å². The van der Waals surface area contributed by atoms with Crippen molar-refractivity contribution in [3.8, 4) is 17.0 Å². The molecule has 2 aromatic carbocycles. The van der Waals surface area contributed by atoms with Crippen molar-refractivity contribution in [2.24, 2.45) is 0 Å². The SMILES string of the molecule is [2H]C1([2H])C2=Cc3cc(OC)ccc3-c3c(C4CC([2H])([2H])C([2H])([2H])C([2H])([2H])C4)c4ccc(cc4n31)C(=O)NS(=O)(=O)N(C)C([2H])([2H])C([2H])([2H])OC([2H])([2H])C([2H])([2H])N(C)C2=O. The average molecular weight is 623 g/mol. The molecule has 43 heavy (non-hydrogen) atoms. The van der Waals surface area contributed by atoms with Crippen LogP contribution in [0.4, 0.5) is 0 Å². The molecule has 3 aliphatic rings. The van der Waals surface area contributed by atoms with Gasteiger partial charge in [-0.05, 0) is 66.3 Å². The number of hydrogen-bond acceptors (Lipinski definition) is 6. The van der Waals surface area contributed by atoms with Gasteiger partial charge >= 0.3 is 10.2 Å². The van der Waals surface area contributed by atoms with Gasteiger partial charge in [0.15, 0.2) is 0 Å². The molecular formula is C32H38N4O6S. The first-order chi connectivity index (χ1) is 26.6. The van der Waals surface area contributed by atoms with Crippen LogP contribution in [0.15, 0.2) is 42.0 Å². The summed E-state index contributed by atoms with van der Waals surface area (Å²) >= 11 is 0. The standard InChI is InChI=1S/C32H38N4O6S/c1-34-13-15-42-16-14-35(2)43(39,40)33-31(37)22-9-11-27-28(19-22)36-20-24(32(34)38)17-23-18-25(41-3)10-12-26(23)30(36)29(27)21-7-5-4-6-8-21/h9-12,17-19,21H,4-8,13-16,20H2,1-3H3,(H,33,37)/i4D2,5D2,6D2,13D2,14D2,15D2,16D2,20D2. The Morgan fingerprint density at radius 1 is 1.02 bits per heavy atom. The first-order valence-corrected chi connectivity index (χ1v) is 14.4. The lowest BCUT2D eigenvalue weighted by Crippen LogP contribution is -2.42. The summed E-state index contributed by atoms with van der Waals surface area (Å²) in [5, 5.41) is 0.0331. The summed E-state index contributed by atoms with van der Waals surface area (Å²) in [6.07, 6.45) is -8.89. The Kier molecular flexibility index (Phi) is 4.35. The number of methoxy groups -OCH3 is 1. The minimum absolute atomic E-state index is 0.0239. The van der Waals surface area contributed by atoms with Gasteiger partial charge in [0, 0.05) is 65.7 Å². The van der Waals surface area contributed by atoms with Crippen molar-refractivity contribution >= 4 is 39.0 Å². The molecule has 2 aliphatic heterocycles. The predicted octanol–water partition coefficient (Wildman–Crippen LogP) is 4.16. The Hall–Kier alpha value is -3.67. The zero-order valence-corrected chi connectivity index (χ0v) is 24.0. The molecule has 10 nitrogen and oxygen atoms in total. The van der Waals surface area contributed by atoms with Gasteiger partial charge in [-0.1, -0.05) is 25.2 Å². The zero-order chi connectivity index (χ0) is 44.6. The number of benzene rings is 2. The molecule has 0 unspecified atom stereocenters. The van der Waals surface area contributed by atoms with Crippen LogP contribution in [-0.4, -0.2) is 81.3 Å². The second-order valence-corrected chi connectivity index (χ2v) is 11.5. The maximum Gasteiger partial charge on any atom is 0.303 e. The van der Waals surface area contributed by atoms with Gasteiger partial charge in [-0.25, -0.2) is 4.72 Å². The third-order valence-electron chi connectivity index (χ3n) is 7.23. The molecule has 1 saturated carbocycles. The second-order valence-electron chi connectivity index (χ2n) is 9.83. The maximum absolute atomic E-state index is 14.6. The lowest BCUT2D eigenvalue weighted by molar-refractivity contribution is -0.126. The molecule has 0 saturated heterocycles. The summed E-state index contributed by atoms with van der Waals surface area (Å²) in [4.78, 5) is 28.4. The van der Waals surface area contributed by atoms with E-state index >= 15 is 0 Å². The molecule has 3 aromatic rings. The summed E-state index contributed by atoms with van der Waals surface area (Å²) in [6, 6.07) is 7.59. The molecule has 0 atom stereocenters. The summed E-state index contributed by atoms with van der Waals surface area (Å²) in [5.74, 6) is -4.08. The van der Waals surface area contributed by atoms with E-state index in [0.717, 1.165) is 22.8 Å². The summed E-state index contributed by atoms with van der Waals surface area (Å²) in [6.45, 7) is -18.9. The molecule has 6 rings (SSSR count). The fourth-order valence-corrected chi connectivity index (χ4v) is 5.74. The van der Waals surface area contributed by atoms with E-state index in [1.807, 2.05) is 0 Å². The summed E-state index contributed by atoms with van der Waals surface area (Å²) < 4.78 is 177. The smallest absolute Gasteiger partial charge is 0.303 e. The van der Waals surface area contributed by atoms with Crippen LogP contribution in [0, 0.1) is 0 Å². The second kappa shape index (κ2) is 11.8. The lowest BCUT2D eigenvalue weighted by atomic mass is 9.81. The van der Waals surface area contributed by atoms with Crippen molar-refractivity contribution in [2.45, 2.75) is 44.4 Å². The Bertz CT molecular complexity index is 2420. The normalized spacial score (nSPS) is 35.3. The first kappa shape index (κ1) is 15.9. The van der Waals surface area contributed by atoms with Gasteiger partial charge in [-0.3, -0.25) is 9.59 Å². The van der Waals surface area contributed by atoms with E-state index in [1.165, 1.54) is 31.4 Å². The average Bonchev–Trinajstić information content (AvgIpc) is 3.41. The molecule has 1 N–H and O–H groups in total. The van der Waals surface area contributed by atoms with Crippen molar-refractivity contribution in [1.29, 1.82) is 0 Å². The van der Waals surface area contributed by atoms with Crippen molar-refractivity contribution in [2.75, 3.05) is 47.3 Å². The van der Waals surface area contributed by atoms with E-state index in [-0.39, 0.29) is 48.2 Å². The molecule has 0 radical (unpaired) electrons. The molecule has 1 fully saturated rings. The van der Waals surface area contributed by atoms with E-state index in [1.54, 1.807) is 4.72 Å². The fourth-order valence-electron chi connectivity index (χ4n) is 5.10. The maximum atomic E-state index is 14.6. The molecule has 2 amide bonds. The first-order valence-electron chi connectivity index (χ1n) is 21.0. The number of carbonyl (C=O) groups is 2. The van der Waals surface area contributed by atoms with Crippen LogP contribution in [0.5, 0.6) is 5.75 Å². The van der Waals surface area contributed by atoms with Gasteiger partial charge in [-0.15, -0.1) is 0 Å². The molecule has 228 valence electrons. The van der Waals surface area contributed by atoms with Crippen molar-refractivity contribution in [3.05, 3.63) is 58.7 Å². The van der Waals surface area contributed by atoms with E-state index < -0.39 is 104 Å². The highest BCUT2D eigenvalue weighted by molar-refractivity contribution is 7.87. The topological polar surface area (TPSA) is 110 Å². The van der Waals surface area contributed by atoms with Crippen LogP contribution >= 0.6 is 0 Å². The molecule has 3 heterocycles. The predicted molar refractivity (Wildman–Crippen MR) is 165 cm³/mol. The molecule has 1 aliphatic carbocycles. The van der Waals surface area contributed by atoms with Crippen molar-refractivity contribution in [3.63, 3.8) is 0 Å². The summed E-state index contributed by atoms with van der Waals surface area (Å²) in [5.41, 5.74) is -1.61. The monoisotopic (exact) mass is 622 g/mol. The largest absolute Gasteiger partial charge is 0.497 e. The lowest BCUT2D eigenvalue weighted by Gasteiger charge is -2.24. The molecule has 4 bridgehead atoms. The van der Waals surface area contributed by atoms with Crippen molar-refractivity contribution in [1.82, 2.24) is 18.5 Å². The van der Waals surface area contributed by atoms with Gasteiger partial charge < -0.3 is 18.9 Å². The van der Waals surface area contributed by atoms with Gasteiger partial charge in [-0.2, -0.15) is 12.7 Å². The Morgan fingerprint density at radius 2 is 1.79 bits per heavy atom. The Labute approximate surface area is 274 Å². The quantitative estimate of drug-likeness (QED) is 0.460. The van der Waals surface area contributed by atoms with E-state index in [2.05, 4.69) is 0 Å². The number of rotatable bonds is 2. The van der Waals surface area contributed by atoms with Crippen LogP contribution in [-0.2, 0) is 26.2 Å². The highest BCUT2D eigenvalue weighted by Gasteiger charge is 2.31. The number of aromatic nitrogens is 1. The number of ether oxygens (including phenoxy) is 2. The van der Waals surface area contributed by atoms with Crippen LogP contribution in [0.2, 0.25) is 0 Å². The Balaban J connectivity index is 1.76. The van der Waals surface area contributed by atoms with Gasteiger partial charge in [0.2, 0.25) is 0 Å². The van der Waals surface area contributed by atoms with Crippen LogP contribution in [0.25, 0.3) is 28.2 Å². The van der Waals surface area contributed by atoms with Crippen molar-refractivity contribution < 1.29 is 49.4 Å². The number of fused-ring (bicyclic) bond motifs is 4. The van der Waals surface area contributed by atoms with E-state index in [0.29, 0.717) is 14.1 Å². The number of nitrogens with one attached hydrogen (secondary N) is 1. The van der Waals surface area contributed by atoms with E-state index in [4.69, 9.17) is 28.7 Å². The highest BCUT2D eigenvalue weighted by atomic mass is 32.2. The van der Waals surface area contributed by atoms with Crippen LogP contribution in [0.3, 0.4) is 0 Å². The number of amides is 2.